The van der Waals surface area contributed by atoms with Crippen molar-refractivity contribution in [3.8, 4) is 0 Å². The fourth-order valence-corrected chi connectivity index (χ4v) is 2.47. The number of likely N-dealkylation sites (tertiary alicyclic amines) is 1. The Labute approximate surface area is 104 Å². The van der Waals surface area contributed by atoms with Gasteiger partial charge in [0.25, 0.3) is 0 Å². The van der Waals surface area contributed by atoms with Crippen LogP contribution in [0.2, 0.25) is 0 Å². The second-order valence-corrected chi connectivity index (χ2v) is 5.53. The Morgan fingerprint density at radius 1 is 1.41 bits per heavy atom. The third-order valence-electron chi connectivity index (χ3n) is 3.82. The minimum Gasteiger partial charge on any atom is -0.342 e. The Kier molecular flexibility index (Phi) is 4.40. The molecule has 98 valence electrons. The van der Waals surface area contributed by atoms with Crippen LogP contribution in [0.15, 0.2) is 0 Å². The highest BCUT2D eigenvalue weighted by Gasteiger charge is 2.29. The molecular weight excluding hydrogens is 214 g/mol. The van der Waals surface area contributed by atoms with Gasteiger partial charge in [-0.25, -0.2) is 0 Å². The standard InChI is InChI=1S/C13H25N3O/c1-11(10-16-7-3-4-8-16)14-9-13(17)15(2)12-5-6-12/h11-12,14H,3-10H2,1-2H3. The van der Waals surface area contributed by atoms with Gasteiger partial charge in [0.05, 0.1) is 6.54 Å². The molecule has 0 aromatic heterocycles. The quantitative estimate of drug-likeness (QED) is 0.740. The van der Waals surface area contributed by atoms with Gasteiger partial charge in [-0.15, -0.1) is 0 Å². The molecule has 1 heterocycles. The molecular formula is C13H25N3O. The van der Waals surface area contributed by atoms with Crippen molar-refractivity contribution < 1.29 is 4.79 Å². The van der Waals surface area contributed by atoms with E-state index in [1.54, 1.807) is 0 Å². The molecule has 0 aromatic carbocycles. The van der Waals surface area contributed by atoms with Crippen LogP contribution in [-0.2, 0) is 4.79 Å². The maximum atomic E-state index is 11.8. The zero-order valence-electron chi connectivity index (χ0n) is 11.1. The Bertz CT molecular complexity index is 259. The Balaban J connectivity index is 1.61. The summed E-state index contributed by atoms with van der Waals surface area (Å²) in [6.07, 6.45) is 5.03. The third-order valence-corrected chi connectivity index (χ3v) is 3.82. The molecule has 1 saturated carbocycles. The van der Waals surface area contributed by atoms with Crippen molar-refractivity contribution in [1.82, 2.24) is 15.1 Å². The summed E-state index contributed by atoms with van der Waals surface area (Å²) in [6.45, 7) is 6.18. The van der Waals surface area contributed by atoms with Gasteiger partial charge < -0.3 is 15.1 Å². The van der Waals surface area contributed by atoms with Crippen molar-refractivity contribution in [3.63, 3.8) is 0 Å². The van der Waals surface area contributed by atoms with E-state index in [1.165, 1.54) is 38.8 Å². The van der Waals surface area contributed by atoms with Crippen LogP contribution in [0.4, 0.5) is 0 Å². The summed E-state index contributed by atoms with van der Waals surface area (Å²) in [5.41, 5.74) is 0. The number of nitrogens with zero attached hydrogens (tertiary/aromatic N) is 2. The van der Waals surface area contributed by atoms with Crippen molar-refractivity contribution >= 4 is 5.91 Å². The SMILES string of the molecule is CC(CN1CCCC1)NCC(=O)N(C)C1CC1. The minimum absolute atomic E-state index is 0.237. The lowest BCUT2D eigenvalue weighted by molar-refractivity contribution is -0.129. The number of likely N-dealkylation sites (N-methyl/N-ethyl adjacent to an activating group) is 1. The molecule has 1 atom stereocenters. The van der Waals surface area contributed by atoms with Crippen LogP contribution in [0.1, 0.15) is 32.6 Å². The lowest BCUT2D eigenvalue weighted by atomic mass is 10.3. The number of nitrogens with one attached hydrogen (secondary N) is 1. The van der Waals surface area contributed by atoms with Crippen LogP contribution in [0, 0.1) is 0 Å². The maximum absolute atomic E-state index is 11.8. The molecule has 1 saturated heterocycles. The molecule has 17 heavy (non-hydrogen) atoms. The Morgan fingerprint density at radius 2 is 2.06 bits per heavy atom. The summed E-state index contributed by atoms with van der Waals surface area (Å²) in [5, 5.41) is 3.34. The first-order valence-electron chi connectivity index (χ1n) is 6.88. The minimum atomic E-state index is 0.237. The summed E-state index contributed by atoms with van der Waals surface area (Å²) in [7, 11) is 1.92. The summed E-state index contributed by atoms with van der Waals surface area (Å²) >= 11 is 0. The number of amides is 1. The largest absolute Gasteiger partial charge is 0.342 e. The molecule has 4 nitrogen and oxygen atoms in total. The Hall–Kier alpha value is -0.610. The number of rotatable bonds is 6. The summed E-state index contributed by atoms with van der Waals surface area (Å²) in [5.74, 6) is 0.237. The van der Waals surface area contributed by atoms with E-state index in [-0.39, 0.29) is 5.91 Å². The van der Waals surface area contributed by atoms with Gasteiger partial charge in [0.2, 0.25) is 5.91 Å². The van der Waals surface area contributed by atoms with Crippen molar-refractivity contribution in [1.29, 1.82) is 0 Å². The van der Waals surface area contributed by atoms with E-state index >= 15 is 0 Å². The van der Waals surface area contributed by atoms with Crippen LogP contribution in [0.25, 0.3) is 0 Å². The van der Waals surface area contributed by atoms with Crippen molar-refractivity contribution in [2.45, 2.75) is 44.7 Å². The van der Waals surface area contributed by atoms with E-state index in [9.17, 15) is 4.79 Å². The van der Waals surface area contributed by atoms with Gasteiger partial charge in [0.1, 0.15) is 0 Å². The van der Waals surface area contributed by atoms with Crippen LogP contribution >= 0.6 is 0 Å². The van der Waals surface area contributed by atoms with Crippen LogP contribution in [0.5, 0.6) is 0 Å². The van der Waals surface area contributed by atoms with Crippen LogP contribution < -0.4 is 5.32 Å². The van der Waals surface area contributed by atoms with E-state index in [0.717, 1.165) is 6.54 Å². The third kappa shape index (κ3) is 3.96. The molecule has 0 radical (unpaired) electrons. The molecule has 1 N–H and O–H groups in total. The van der Waals surface area contributed by atoms with Gasteiger partial charge in [0, 0.05) is 25.7 Å². The maximum Gasteiger partial charge on any atom is 0.236 e. The zero-order valence-corrected chi connectivity index (χ0v) is 11.1. The van der Waals surface area contributed by atoms with E-state index in [2.05, 4.69) is 17.1 Å². The fraction of sp³-hybridized carbons (Fsp3) is 0.923. The van der Waals surface area contributed by atoms with E-state index in [0.29, 0.717) is 18.6 Å². The molecule has 1 unspecified atom stereocenters. The Morgan fingerprint density at radius 3 is 2.65 bits per heavy atom. The predicted molar refractivity (Wildman–Crippen MR) is 68.9 cm³/mol. The first kappa shape index (κ1) is 12.8. The highest BCUT2D eigenvalue weighted by molar-refractivity contribution is 5.78. The monoisotopic (exact) mass is 239 g/mol. The lowest BCUT2D eigenvalue weighted by Gasteiger charge is -2.22. The lowest BCUT2D eigenvalue weighted by Crippen LogP contribution is -2.44. The number of hydrogen-bond donors (Lipinski definition) is 1. The van der Waals surface area contributed by atoms with Gasteiger partial charge in [-0.1, -0.05) is 0 Å². The van der Waals surface area contributed by atoms with Crippen LogP contribution in [-0.4, -0.2) is 61.0 Å². The first-order chi connectivity index (χ1) is 8.16. The average Bonchev–Trinajstić information content (AvgIpc) is 3.05. The molecule has 2 rings (SSSR count). The average molecular weight is 239 g/mol. The zero-order chi connectivity index (χ0) is 12.3. The molecule has 4 heteroatoms. The fourth-order valence-electron chi connectivity index (χ4n) is 2.47. The van der Waals surface area contributed by atoms with Crippen molar-refractivity contribution in [2.24, 2.45) is 0 Å². The summed E-state index contributed by atoms with van der Waals surface area (Å²) in [4.78, 5) is 16.2. The van der Waals surface area contributed by atoms with Gasteiger partial charge in [0.15, 0.2) is 0 Å². The van der Waals surface area contributed by atoms with E-state index < -0.39 is 0 Å². The predicted octanol–water partition coefficient (Wildman–Crippen LogP) is 0.681. The van der Waals surface area contributed by atoms with Gasteiger partial charge in [-0.3, -0.25) is 4.79 Å². The van der Waals surface area contributed by atoms with E-state index in [1.807, 2.05) is 11.9 Å². The molecule has 1 amide bonds. The molecule has 0 bridgehead atoms. The van der Waals surface area contributed by atoms with E-state index in [4.69, 9.17) is 0 Å². The first-order valence-corrected chi connectivity index (χ1v) is 6.88. The number of hydrogen-bond acceptors (Lipinski definition) is 3. The van der Waals surface area contributed by atoms with Gasteiger partial charge >= 0.3 is 0 Å². The second kappa shape index (κ2) is 5.83. The molecule has 1 aliphatic carbocycles. The number of carbonyl (C=O) groups excluding carboxylic acids is 1. The molecule has 0 aromatic rings. The normalized spacial score (nSPS) is 22.7. The van der Waals surface area contributed by atoms with Crippen LogP contribution in [0.3, 0.4) is 0 Å². The molecule has 2 aliphatic rings. The second-order valence-electron chi connectivity index (χ2n) is 5.53. The topological polar surface area (TPSA) is 35.6 Å². The van der Waals surface area contributed by atoms with Gasteiger partial charge in [-0.2, -0.15) is 0 Å². The summed E-state index contributed by atoms with van der Waals surface area (Å²) < 4.78 is 0. The highest BCUT2D eigenvalue weighted by Crippen LogP contribution is 2.25. The molecule has 2 fully saturated rings. The van der Waals surface area contributed by atoms with Gasteiger partial charge in [-0.05, 0) is 45.7 Å². The number of carbonyl (C=O) groups is 1. The molecule has 1 aliphatic heterocycles. The van der Waals surface area contributed by atoms with Crippen molar-refractivity contribution in [2.75, 3.05) is 33.2 Å². The molecule has 0 spiro atoms. The van der Waals surface area contributed by atoms with Crippen molar-refractivity contribution in [3.05, 3.63) is 0 Å². The highest BCUT2D eigenvalue weighted by atomic mass is 16.2. The summed E-state index contributed by atoms with van der Waals surface area (Å²) in [6, 6.07) is 0.933. The smallest absolute Gasteiger partial charge is 0.236 e.